The highest BCUT2D eigenvalue weighted by Gasteiger charge is 2.31. The Morgan fingerprint density at radius 3 is 2.22 bits per heavy atom. The highest BCUT2D eigenvalue weighted by Crippen LogP contribution is 2.23. The predicted octanol–water partition coefficient (Wildman–Crippen LogP) is 3.37. The predicted molar refractivity (Wildman–Crippen MR) is 78.3 cm³/mol. The van der Waals surface area contributed by atoms with E-state index in [9.17, 15) is 21.6 Å². The van der Waals surface area contributed by atoms with Crippen molar-refractivity contribution < 1.29 is 26.3 Å². The molecule has 2 aromatic carbocycles. The van der Waals surface area contributed by atoms with Crippen LogP contribution in [0.1, 0.15) is 11.1 Å². The van der Waals surface area contributed by atoms with Gasteiger partial charge in [-0.3, -0.25) is 0 Å². The lowest BCUT2D eigenvalue weighted by Crippen LogP contribution is -2.23. The lowest BCUT2D eigenvalue weighted by atomic mass is 10.1. The van der Waals surface area contributed by atoms with Crippen molar-refractivity contribution >= 4 is 10.0 Å². The molecule has 8 heteroatoms. The van der Waals surface area contributed by atoms with Crippen LogP contribution in [0.15, 0.2) is 53.4 Å². The average molecular weight is 345 g/mol. The van der Waals surface area contributed by atoms with Crippen molar-refractivity contribution in [2.45, 2.75) is 24.7 Å². The monoisotopic (exact) mass is 345 g/mol. The molecule has 4 nitrogen and oxygen atoms in total. The van der Waals surface area contributed by atoms with Gasteiger partial charge in [-0.1, -0.05) is 24.3 Å². The van der Waals surface area contributed by atoms with E-state index in [0.717, 1.165) is 35.4 Å². The van der Waals surface area contributed by atoms with Gasteiger partial charge in [0.15, 0.2) is 0 Å². The lowest BCUT2D eigenvalue weighted by Gasteiger charge is -2.11. The summed E-state index contributed by atoms with van der Waals surface area (Å²) in [5.74, 6) is -0.477. The molecule has 0 heterocycles. The maximum Gasteiger partial charge on any atom is 0.573 e. The van der Waals surface area contributed by atoms with Gasteiger partial charge in [-0.05, 0) is 42.3 Å². The summed E-state index contributed by atoms with van der Waals surface area (Å²) in [5, 5.41) is 0. The van der Waals surface area contributed by atoms with Gasteiger partial charge in [-0.15, -0.1) is 13.2 Å². The maximum atomic E-state index is 12.1. The molecule has 0 aliphatic rings. The first-order chi connectivity index (χ1) is 10.7. The largest absolute Gasteiger partial charge is 0.573 e. The molecule has 0 aliphatic carbocycles. The third-order valence-corrected chi connectivity index (χ3v) is 4.50. The van der Waals surface area contributed by atoms with Crippen molar-refractivity contribution in [2.24, 2.45) is 0 Å². The van der Waals surface area contributed by atoms with E-state index in [0.29, 0.717) is 0 Å². The zero-order valence-corrected chi connectivity index (χ0v) is 12.9. The molecule has 0 amide bonds. The molecule has 0 bridgehead atoms. The molecule has 124 valence electrons. The van der Waals surface area contributed by atoms with E-state index in [1.165, 1.54) is 0 Å². The van der Waals surface area contributed by atoms with E-state index >= 15 is 0 Å². The number of benzene rings is 2. The number of halogens is 3. The molecular weight excluding hydrogens is 331 g/mol. The van der Waals surface area contributed by atoms with Crippen LogP contribution in [0.3, 0.4) is 0 Å². The quantitative estimate of drug-likeness (QED) is 0.904. The summed E-state index contributed by atoms with van der Waals surface area (Å²) in [6.07, 6.45) is -4.82. The number of rotatable bonds is 5. The smallest absolute Gasteiger partial charge is 0.406 e. The summed E-state index contributed by atoms with van der Waals surface area (Å²) in [4.78, 5) is -0.138. The topological polar surface area (TPSA) is 55.4 Å². The Morgan fingerprint density at radius 2 is 1.65 bits per heavy atom. The standard InChI is InChI=1S/C15H14F3NO3S/c1-11-4-2-3-5-12(11)10-19-23(20,21)14-8-6-13(7-9-14)22-15(16,17)18/h2-9,19H,10H2,1H3. The van der Waals surface area contributed by atoms with Gasteiger partial charge >= 0.3 is 6.36 Å². The average Bonchev–Trinajstić information content (AvgIpc) is 2.45. The van der Waals surface area contributed by atoms with E-state index in [-0.39, 0.29) is 11.4 Å². The second-order valence-corrected chi connectivity index (χ2v) is 6.54. The fourth-order valence-electron chi connectivity index (χ4n) is 1.88. The molecule has 0 unspecified atom stereocenters. The summed E-state index contributed by atoms with van der Waals surface area (Å²) >= 11 is 0. The highest BCUT2D eigenvalue weighted by atomic mass is 32.2. The molecule has 0 aromatic heterocycles. The van der Waals surface area contributed by atoms with Crippen LogP contribution in [0.4, 0.5) is 13.2 Å². The number of sulfonamides is 1. The van der Waals surface area contributed by atoms with Crippen LogP contribution >= 0.6 is 0 Å². The van der Waals surface area contributed by atoms with Crippen molar-refractivity contribution in [3.63, 3.8) is 0 Å². The third-order valence-electron chi connectivity index (χ3n) is 3.08. The number of hydrogen-bond donors (Lipinski definition) is 1. The summed E-state index contributed by atoms with van der Waals surface area (Å²) in [5.41, 5.74) is 1.75. The van der Waals surface area contributed by atoms with Crippen molar-refractivity contribution in [3.8, 4) is 5.75 Å². The lowest BCUT2D eigenvalue weighted by molar-refractivity contribution is -0.274. The highest BCUT2D eigenvalue weighted by molar-refractivity contribution is 7.89. The molecule has 2 aromatic rings. The molecule has 0 spiro atoms. The Hall–Kier alpha value is -2.06. The molecular formula is C15H14F3NO3S. The number of ether oxygens (including phenoxy) is 1. The minimum Gasteiger partial charge on any atom is -0.406 e. The Bertz CT molecular complexity index is 771. The zero-order valence-electron chi connectivity index (χ0n) is 12.1. The fraction of sp³-hybridized carbons (Fsp3) is 0.200. The van der Waals surface area contributed by atoms with Crippen molar-refractivity contribution in [1.29, 1.82) is 0 Å². The van der Waals surface area contributed by atoms with Crippen LogP contribution in [0.2, 0.25) is 0 Å². The minimum atomic E-state index is -4.82. The van der Waals surface area contributed by atoms with Crippen LogP contribution in [0, 0.1) is 6.92 Å². The molecule has 0 fully saturated rings. The number of aryl methyl sites for hydroxylation is 1. The van der Waals surface area contributed by atoms with E-state index in [2.05, 4.69) is 9.46 Å². The Balaban J connectivity index is 2.09. The van der Waals surface area contributed by atoms with Gasteiger partial charge in [-0.2, -0.15) is 0 Å². The second-order valence-electron chi connectivity index (χ2n) is 4.77. The van der Waals surface area contributed by atoms with Gasteiger partial charge in [0.2, 0.25) is 10.0 Å². The third kappa shape index (κ3) is 4.97. The first kappa shape index (κ1) is 17.3. The molecule has 0 saturated carbocycles. The van der Waals surface area contributed by atoms with Crippen molar-refractivity contribution in [2.75, 3.05) is 0 Å². The van der Waals surface area contributed by atoms with Crippen molar-refractivity contribution in [1.82, 2.24) is 4.72 Å². The van der Waals surface area contributed by atoms with Crippen LogP contribution in [0.5, 0.6) is 5.75 Å². The minimum absolute atomic E-state index is 0.0931. The van der Waals surface area contributed by atoms with E-state index in [1.807, 2.05) is 19.1 Å². The summed E-state index contributed by atoms with van der Waals surface area (Å²) in [6.45, 7) is 1.95. The Labute approximate surface area is 132 Å². The van der Waals surface area contributed by atoms with E-state index in [1.54, 1.807) is 12.1 Å². The molecule has 0 atom stereocenters. The molecule has 0 radical (unpaired) electrons. The normalized spacial score (nSPS) is 12.2. The van der Waals surface area contributed by atoms with Gasteiger partial charge in [0, 0.05) is 6.54 Å². The number of hydrogen-bond acceptors (Lipinski definition) is 3. The van der Waals surface area contributed by atoms with Crippen LogP contribution in [0.25, 0.3) is 0 Å². The maximum absolute atomic E-state index is 12.1. The fourth-order valence-corrected chi connectivity index (χ4v) is 2.89. The Kier molecular flexibility index (Phi) is 4.96. The zero-order chi connectivity index (χ0) is 17.1. The SMILES string of the molecule is Cc1ccccc1CNS(=O)(=O)c1ccc(OC(F)(F)F)cc1. The molecule has 23 heavy (non-hydrogen) atoms. The molecule has 0 aliphatic heterocycles. The van der Waals surface area contributed by atoms with Gasteiger partial charge in [0.1, 0.15) is 5.75 Å². The second kappa shape index (κ2) is 6.59. The number of nitrogens with one attached hydrogen (secondary N) is 1. The molecule has 2 rings (SSSR count). The van der Waals surface area contributed by atoms with E-state index in [4.69, 9.17) is 0 Å². The molecule has 0 saturated heterocycles. The van der Waals surface area contributed by atoms with Crippen LogP contribution in [-0.4, -0.2) is 14.8 Å². The first-order valence-corrected chi connectivity index (χ1v) is 8.06. The van der Waals surface area contributed by atoms with Crippen LogP contribution in [-0.2, 0) is 16.6 Å². The number of alkyl halides is 3. The van der Waals surface area contributed by atoms with Crippen molar-refractivity contribution in [3.05, 3.63) is 59.7 Å². The Morgan fingerprint density at radius 1 is 1.04 bits per heavy atom. The summed E-state index contributed by atoms with van der Waals surface area (Å²) in [6, 6.07) is 11.3. The summed E-state index contributed by atoms with van der Waals surface area (Å²) < 4.78 is 66.6. The molecule has 1 N–H and O–H groups in total. The van der Waals surface area contributed by atoms with Gasteiger partial charge in [0.25, 0.3) is 0 Å². The summed E-state index contributed by atoms with van der Waals surface area (Å²) in [7, 11) is -3.82. The van der Waals surface area contributed by atoms with Gasteiger partial charge in [-0.25, -0.2) is 13.1 Å². The van der Waals surface area contributed by atoms with Gasteiger partial charge in [0.05, 0.1) is 4.90 Å². The van der Waals surface area contributed by atoms with Crippen LogP contribution < -0.4 is 9.46 Å². The van der Waals surface area contributed by atoms with E-state index < -0.39 is 22.1 Å². The van der Waals surface area contributed by atoms with Gasteiger partial charge < -0.3 is 4.74 Å². The first-order valence-electron chi connectivity index (χ1n) is 6.57.